The van der Waals surface area contributed by atoms with Crippen LogP contribution in [0.1, 0.15) is 11.3 Å². The summed E-state index contributed by atoms with van der Waals surface area (Å²) in [6.07, 6.45) is 2.66. The Morgan fingerprint density at radius 2 is 2.00 bits per heavy atom. The number of aryl methyl sites for hydroxylation is 2. The Labute approximate surface area is 120 Å². The first kappa shape index (κ1) is 15.0. The van der Waals surface area contributed by atoms with Gasteiger partial charge in [-0.05, 0) is 26.0 Å². The fourth-order valence-electron chi connectivity index (χ4n) is 2.67. The lowest BCUT2D eigenvalue weighted by Crippen LogP contribution is -2.50. The number of likely N-dealkylation sites (N-methyl/N-ethyl adjacent to an activating group) is 1. The highest BCUT2D eigenvalue weighted by Gasteiger charge is 2.26. The Balaban J connectivity index is 2.00. The average molecular weight is 279 g/mol. The van der Waals surface area contributed by atoms with Gasteiger partial charge in [-0.25, -0.2) is 0 Å². The minimum atomic E-state index is -0.138. The maximum atomic E-state index is 12.6. The Morgan fingerprint density at radius 3 is 2.50 bits per heavy atom. The van der Waals surface area contributed by atoms with Gasteiger partial charge in [0.05, 0.1) is 11.6 Å². The molecular weight excluding hydrogens is 254 g/mol. The molecule has 1 amide bonds. The molecule has 0 bridgehead atoms. The van der Waals surface area contributed by atoms with Crippen LogP contribution in [0.15, 0.2) is 6.20 Å². The summed E-state index contributed by atoms with van der Waals surface area (Å²) >= 11 is 0. The summed E-state index contributed by atoms with van der Waals surface area (Å²) in [5.74, 6) is 0.0464. The van der Waals surface area contributed by atoms with Gasteiger partial charge in [0.25, 0.3) is 0 Å². The van der Waals surface area contributed by atoms with Crippen molar-refractivity contribution in [2.45, 2.75) is 13.3 Å². The first-order valence-electron chi connectivity index (χ1n) is 7.17. The van der Waals surface area contributed by atoms with Crippen LogP contribution >= 0.6 is 0 Å². The van der Waals surface area contributed by atoms with Gasteiger partial charge in [0.1, 0.15) is 0 Å². The van der Waals surface area contributed by atoms with Crippen LogP contribution in [-0.4, -0.2) is 65.3 Å². The maximum absolute atomic E-state index is 12.6. The number of carbonyl (C=O) groups is 1. The third-order valence-electron chi connectivity index (χ3n) is 4.03. The smallest absolute Gasteiger partial charge is 0.227 e. The summed E-state index contributed by atoms with van der Waals surface area (Å²) < 4.78 is 1.79. The molecule has 1 saturated heterocycles. The van der Waals surface area contributed by atoms with Crippen molar-refractivity contribution in [3.05, 3.63) is 17.5 Å². The normalized spacial score (nSPS) is 18.3. The van der Waals surface area contributed by atoms with Gasteiger partial charge in [0.15, 0.2) is 0 Å². The number of nitrogens with zero attached hydrogens (tertiary/aromatic N) is 4. The largest absolute Gasteiger partial charge is 0.340 e. The molecule has 6 nitrogen and oxygen atoms in total. The van der Waals surface area contributed by atoms with E-state index < -0.39 is 0 Å². The quantitative estimate of drug-likeness (QED) is 0.816. The van der Waals surface area contributed by atoms with E-state index in [0.717, 1.165) is 37.4 Å². The molecule has 112 valence electrons. The monoisotopic (exact) mass is 279 g/mol. The van der Waals surface area contributed by atoms with Crippen molar-refractivity contribution in [1.82, 2.24) is 19.6 Å². The molecule has 1 aromatic heterocycles. The Hall–Kier alpha value is -1.40. The van der Waals surface area contributed by atoms with E-state index in [0.29, 0.717) is 13.0 Å². The Morgan fingerprint density at radius 1 is 1.35 bits per heavy atom. The van der Waals surface area contributed by atoms with Gasteiger partial charge < -0.3 is 15.5 Å². The van der Waals surface area contributed by atoms with E-state index in [9.17, 15) is 4.79 Å². The van der Waals surface area contributed by atoms with Crippen molar-refractivity contribution in [1.29, 1.82) is 0 Å². The van der Waals surface area contributed by atoms with Crippen molar-refractivity contribution in [2.24, 2.45) is 18.7 Å². The van der Waals surface area contributed by atoms with Crippen molar-refractivity contribution in [3.63, 3.8) is 0 Å². The summed E-state index contributed by atoms with van der Waals surface area (Å²) in [4.78, 5) is 16.7. The van der Waals surface area contributed by atoms with Crippen LogP contribution in [0.3, 0.4) is 0 Å². The van der Waals surface area contributed by atoms with E-state index >= 15 is 0 Å². The number of hydrogen-bond donors (Lipinski definition) is 1. The average Bonchev–Trinajstić information content (AvgIpc) is 2.74. The number of hydrogen-bond acceptors (Lipinski definition) is 4. The lowest BCUT2D eigenvalue weighted by atomic mass is 9.98. The number of aromatic nitrogens is 2. The van der Waals surface area contributed by atoms with Gasteiger partial charge >= 0.3 is 0 Å². The topological polar surface area (TPSA) is 67.4 Å². The van der Waals surface area contributed by atoms with E-state index in [1.54, 1.807) is 4.68 Å². The van der Waals surface area contributed by atoms with Gasteiger partial charge in [-0.2, -0.15) is 5.10 Å². The Kier molecular flexibility index (Phi) is 4.77. The summed E-state index contributed by atoms with van der Waals surface area (Å²) in [6, 6.07) is 0. The standard InChI is InChI=1S/C14H25N5O/c1-11-13(10-18(3)16-11)8-12(9-15)14(20)19-6-4-17(2)5-7-19/h10,12H,4-9,15H2,1-3H3. The summed E-state index contributed by atoms with van der Waals surface area (Å²) in [7, 11) is 3.98. The minimum absolute atomic E-state index is 0.138. The van der Waals surface area contributed by atoms with E-state index in [-0.39, 0.29) is 11.8 Å². The van der Waals surface area contributed by atoms with E-state index in [1.807, 2.05) is 25.1 Å². The fourth-order valence-corrected chi connectivity index (χ4v) is 2.67. The number of nitrogens with two attached hydrogens (primary N) is 1. The highest BCUT2D eigenvalue weighted by atomic mass is 16.2. The molecule has 0 aromatic carbocycles. The van der Waals surface area contributed by atoms with E-state index in [1.165, 1.54) is 0 Å². The molecule has 6 heteroatoms. The molecule has 1 aliphatic heterocycles. The second-order valence-corrected chi connectivity index (χ2v) is 5.68. The first-order valence-corrected chi connectivity index (χ1v) is 7.17. The molecule has 0 saturated carbocycles. The molecule has 0 spiro atoms. The van der Waals surface area contributed by atoms with Crippen LogP contribution in [-0.2, 0) is 18.3 Å². The molecule has 0 radical (unpaired) electrons. The van der Waals surface area contributed by atoms with Gasteiger partial charge in [-0.15, -0.1) is 0 Å². The lowest BCUT2D eigenvalue weighted by molar-refractivity contribution is -0.136. The zero-order valence-electron chi connectivity index (χ0n) is 12.7. The molecule has 1 atom stereocenters. The van der Waals surface area contributed by atoms with Crippen LogP contribution in [0, 0.1) is 12.8 Å². The predicted octanol–water partition coefficient (Wildman–Crippen LogP) is -0.380. The zero-order valence-corrected chi connectivity index (χ0v) is 12.7. The Bertz CT molecular complexity index is 462. The fraction of sp³-hybridized carbons (Fsp3) is 0.714. The molecular formula is C14H25N5O. The summed E-state index contributed by atoms with van der Waals surface area (Å²) in [5.41, 5.74) is 7.93. The van der Waals surface area contributed by atoms with Gasteiger partial charge in [-0.1, -0.05) is 0 Å². The molecule has 2 heterocycles. The predicted molar refractivity (Wildman–Crippen MR) is 78.3 cm³/mol. The molecule has 2 rings (SSSR count). The third kappa shape index (κ3) is 3.37. The number of carbonyl (C=O) groups excluding carboxylic acids is 1. The van der Waals surface area contributed by atoms with Crippen LogP contribution in [0.25, 0.3) is 0 Å². The van der Waals surface area contributed by atoms with Crippen LogP contribution < -0.4 is 5.73 Å². The maximum Gasteiger partial charge on any atom is 0.227 e. The molecule has 0 aliphatic carbocycles. The highest BCUT2D eigenvalue weighted by molar-refractivity contribution is 5.79. The molecule has 1 aromatic rings. The van der Waals surface area contributed by atoms with Crippen LogP contribution in [0.5, 0.6) is 0 Å². The van der Waals surface area contributed by atoms with Gasteiger partial charge in [0.2, 0.25) is 5.91 Å². The molecule has 1 unspecified atom stereocenters. The molecule has 1 fully saturated rings. The first-order chi connectivity index (χ1) is 9.51. The molecule has 1 aliphatic rings. The SMILES string of the molecule is Cc1nn(C)cc1CC(CN)C(=O)N1CCN(C)CC1. The molecule has 20 heavy (non-hydrogen) atoms. The van der Waals surface area contributed by atoms with Crippen LogP contribution in [0.4, 0.5) is 0 Å². The second-order valence-electron chi connectivity index (χ2n) is 5.68. The summed E-state index contributed by atoms with van der Waals surface area (Å²) in [5, 5.41) is 4.32. The van der Waals surface area contributed by atoms with Crippen molar-refractivity contribution in [2.75, 3.05) is 39.8 Å². The summed E-state index contributed by atoms with van der Waals surface area (Å²) in [6.45, 7) is 5.85. The zero-order chi connectivity index (χ0) is 14.7. The second kappa shape index (κ2) is 6.37. The molecule has 2 N–H and O–H groups in total. The lowest BCUT2D eigenvalue weighted by Gasteiger charge is -2.34. The van der Waals surface area contributed by atoms with Gasteiger partial charge in [0, 0.05) is 46.0 Å². The van der Waals surface area contributed by atoms with E-state index in [4.69, 9.17) is 5.73 Å². The number of piperazine rings is 1. The van der Waals surface area contributed by atoms with Crippen molar-refractivity contribution in [3.8, 4) is 0 Å². The van der Waals surface area contributed by atoms with E-state index in [2.05, 4.69) is 17.0 Å². The van der Waals surface area contributed by atoms with Gasteiger partial charge in [-0.3, -0.25) is 9.48 Å². The van der Waals surface area contributed by atoms with Crippen molar-refractivity contribution >= 4 is 5.91 Å². The number of rotatable bonds is 4. The van der Waals surface area contributed by atoms with Crippen LogP contribution in [0.2, 0.25) is 0 Å². The minimum Gasteiger partial charge on any atom is -0.340 e. The number of amides is 1. The third-order valence-corrected chi connectivity index (χ3v) is 4.03. The van der Waals surface area contributed by atoms with Crippen molar-refractivity contribution < 1.29 is 4.79 Å². The highest BCUT2D eigenvalue weighted by Crippen LogP contribution is 2.15.